The number of Topliss-reactive ketones (excluding diaryl/α,β-unsaturated/α-hetero) is 1. The second-order valence-corrected chi connectivity index (χ2v) is 6.06. The Kier molecular flexibility index (Phi) is 5.26. The van der Waals surface area contributed by atoms with Crippen molar-refractivity contribution in [2.24, 2.45) is 0 Å². The van der Waals surface area contributed by atoms with E-state index < -0.39 is 0 Å². The topological polar surface area (TPSA) is 17.1 Å². The van der Waals surface area contributed by atoms with E-state index in [0.29, 0.717) is 17.5 Å². The van der Waals surface area contributed by atoms with Gasteiger partial charge in [-0.05, 0) is 28.9 Å². The standard InChI is InChI=1S/C11H16OS2/c1-9(2)13-7-3-5-10(12)11-6-4-8-14-11/h4,6,8-9H,3,5,7H2,1-2H3. The first-order chi connectivity index (χ1) is 6.70. The molecule has 0 atom stereocenters. The Balaban J connectivity index is 2.16. The fourth-order valence-electron chi connectivity index (χ4n) is 1.11. The average molecular weight is 228 g/mol. The number of carbonyl (C=O) groups is 1. The van der Waals surface area contributed by atoms with Crippen molar-refractivity contribution in [2.75, 3.05) is 5.75 Å². The zero-order valence-corrected chi connectivity index (χ0v) is 10.3. The van der Waals surface area contributed by atoms with E-state index in [2.05, 4.69) is 13.8 Å². The number of carbonyl (C=O) groups excluding carboxylic acids is 1. The quantitative estimate of drug-likeness (QED) is 0.543. The molecule has 0 aliphatic rings. The molecule has 1 rings (SSSR count). The van der Waals surface area contributed by atoms with Crippen molar-refractivity contribution in [3.8, 4) is 0 Å². The van der Waals surface area contributed by atoms with Crippen molar-refractivity contribution < 1.29 is 4.79 Å². The molecular formula is C11H16OS2. The van der Waals surface area contributed by atoms with Gasteiger partial charge in [-0.25, -0.2) is 0 Å². The molecule has 1 aromatic rings. The number of thiophene rings is 1. The highest BCUT2D eigenvalue weighted by molar-refractivity contribution is 7.99. The van der Waals surface area contributed by atoms with Gasteiger partial charge in [-0.15, -0.1) is 11.3 Å². The van der Waals surface area contributed by atoms with Crippen LogP contribution < -0.4 is 0 Å². The van der Waals surface area contributed by atoms with Crippen LogP contribution in [0.4, 0.5) is 0 Å². The largest absolute Gasteiger partial charge is 0.293 e. The molecule has 0 spiro atoms. The van der Waals surface area contributed by atoms with Crippen molar-refractivity contribution in [1.29, 1.82) is 0 Å². The van der Waals surface area contributed by atoms with E-state index >= 15 is 0 Å². The molecule has 0 fully saturated rings. The van der Waals surface area contributed by atoms with Crippen LogP contribution in [0.3, 0.4) is 0 Å². The Labute approximate surface area is 93.9 Å². The molecule has 0 aliphatic heterocycles. The average Bonchev–Trinajstić information content (AvgIpc) is 2.64. The van der Waals surface area contributed by atoms with Gasteiger partial charge >= 0.3 is 0 Å². The summed E-state index contributed by atoms with van der Waals surface area (Å²) in [6.07, 6.45) is 1.69. The summed E-state index contributed by atoms with van der Waals surface area (Å²) in [5.41, 5.74) is 0. The summed E-state index contributed by atoms with van der Waals surface area (Å²) < 4.78 is 0. The van der Waals surface area contributed by atoms with Crippen LogP contribution in [0.2, 0.25) is 0 Å². The smallest absolute Gasteiger partial charge is 0.172 e. The molecule has 0 saturated carbocycles. The Morgan fingerprint density at radius 2 is 2.36 bits per heavy atom. The maximum atomic E-state index is 11.6. The lowest BCUT2D eigenvalue weighted by Gasteiger charge is -2.03. The van der Waals surface area contributed by atoms with Gasteiger partial charge in [0.1, 0.15) is 0 Å². The summed E-state index contributed by atoms with van der Waals surface area (Å²) in [5.74, 6) is 1.39. The SMILES string of the molecule is CC(C)SCCCC(=O)c1cccs1. The highest BCUT2D eigenvalue weighted by atomic mass is 32.2. The predicted octanol–water partition coefficient (Wildman–Crippen LogP) is 3.85. The lowest BCUT2D eigenvalue weighted by Crippen LogP contribution is -1.98. The fraction of sp³-hybridized carbons (Fsp3) is 0.545. The molecule has 0 aromatic carbocycles. The first-order valence-electron chi connectivity index (χ1n) is 4.88. The van der Waals surface area contributed by atoms with Crippen molar-refractivity contribution in [1.82, 2.24) is 0 Å². The normalized spacial score (nSPS) is 10.8. The van der Waals surface area contributed by atoms with Gasteiger partial charge in [0.25, 0.3) is 0 Å². The zero-order chi connectivity index (χ0) is 10.4. The first kappa shape index (κ1) is 11.8. The number of hydrogen-bond donors (Lipinski definition) is 0. The van der Waals surface area contributed by atoms with Crippen molar-refractivity contribution in [3.63, 3.8) is 0 Å². The highest BCUT2D eigenvalue weighted by Gasteiger charge is 2.05. The number of hydrogen-bond acceptors (Lipinski definition) is 3. The summed E-state index contributed by atoms with van der Waals surface area (Å²) in [7, 11) is 0. The first-order valence-corrected chi connectivity index (χ1v) is 6.81. The fourth-order valence-corrected chi connectivity index (χ4v) is 2.59. The van der Waals surface area contributed by atoms with Crippen molar-refractivity contribution in [3.05, 3.63) is 22.4 Å². The molecule has 1 aromatic heterocycles. The molecule has 1 nitrogen and oxygen atoms in total. The minimum Gasteiger partial charge on any atom is -0.293 e. The van der Waals surface area contributed by atoms with Crippen LogP contribution in [0.5, 0.6) is 0 Å². The van der Waals surface area contributed by atoms with E-state index in [1.54, 1.807) is 0 Å². The summed E-state index contributed by atoms with van der Waals surface area (Å²) in [6.45, 7) is 4.37. The molecule has 1 heterocycles. The Morgan fingerprint density at radius 1 is 1.57 bits per heavy atom. The lowest BCUT2D eigenvalue weighted by molar-refractivity contribution is 0.0986. The van der Waals surface area contributed by atoms with E-state index in [1.165, 1.54) is 11.3 Å². The highest BCUT2D eigenvalue weighted by Crippen LogP contribution is 2.15. The Hall–Kier alpha value is -0.280. The van der Waals surface area contributed by atoms with Gasteiger partial charge in [0.15, 0.2) is 5.78 Å². The third-order valence-corrected chi connectivity index (χ3v) is 3.90. The van der Waals surface area contributed by atoms with Gasteiger partial charge in [-0.3, -0.25) is 4.79 Å². The molecule has 0 amide bonds. The van der Waals surface area contributed by atoms with Gasteiger partial charge in [0.2, 0.25) is 0 Å². The molecule has 0 unspecified atom stereocenters. The van der Waals surface area contributed by atoms with Gasteiger partial charge in [-0.1, -0.05) is 19.9 Å². The lowest BCUT2D eigenvalue weighted by atomic mass is 10.2. The minimum absolute atomic E-state index is 0.296. The summed E-state index contributed by atoms with van der Waals surface area (Å²) >= 11 is 3.46. The third-order valence-electron chi connectivity index (χ3n) is 1.80. The zero-order valence-electron chi connectivity index (χ0n) is 8.66. The Morgan fingerprint density at radius 3 is 2.93 bits per heavy atom. The molecule has 78 valence electrons. The number of rotatable bonds is 6. The van der Waals surface area contributed by atoms with Crippen LogP contribution in [0.1, 0.15) is 36.4 Å². The molecular weight excluding hydrogens is 212 g/mol. The van der Waals surface area contributed by atoms with Crippen molar-refractivity contribution >= 4 is 28.9 Å². The third kappa shape index (κ3) is 4.29. The van der Waals surface area contributed by atoms with Gasteiger partial charge in [-0.2, -0.15) is 11.8 Å². The maximum Gasteiger partial charge on any atom is 0.172 e. The Bertz CT molecular complexity index is 265. The van der Waals surface area contributed by atoms with Crippen LogP contribution in [-0.2, 0) is 0 Å². The van der Waals surface area contributed by atoms with Crippen LogP contribution in [-0.4, -0.2) is 16.8 Å². The van der Waals surface area contributed by atoms with E-state index in [-0.39, 0.29) is 0 Å². The van der Waals surface area contributed by atoms with Crippen LogP contribution >= 0.6 is 23.1 Å². The number of ketones is 1. The molecule has 0 saturated heterocycles. The molecule has 3 heteroatoms. The minimum atomic E-state index is 0.296. The monoisotopic (exact) mass is 228 g/mol. The summed E-state index contributed by atoms with van der Waals surface area (Å²) in [5, 5.41) is 2.63. The molecule has 0 N–H and O–H groups in total. The van der Waals surface area contributed by atoms with Gasteiger partial charge < -0.3 is 0 Å². The van der Waals surface area contributed by atoms with Crippen LogP contribution in [0.15, 0.2) is 17.5 Å². The molecule has 0 bridgehead atoms. The predicted molar refractivity (Wildman–Crippen MR) is 65.5 cm³/mol. The van der Waals surface area contributed by atoms with E-state index in [1.807, 2.05) is 29.3 Å². The maximum absolute atomic E-state index is 11.6. The van der Waals surface area contributed by atoms with Crippen molar-refractivity contribution in [2.45, 2.75) is 31.9 Å². The van der Waals surface area contributed by atoms with E-state index in [4.69, 9.17) is 0 Å². The second-order valence-electron chi connectivity index (χ2n) is 3.42. The van der Waals surface area contributed by atoms with Crippen LogP contribution in [0.25, 0.3) is 0 Å². The van der Waals surface area contributed by atoms with E-state index in [0.717, 1.165) is 17.1 Å². The molecule has 14 heavy (non-hydrogen) atoms. The number of thioether (sulfide) groups is 1. The second kappa shape index (κ2) is 6.25. The summed E-state index contributed by atoms with van der Waals surface area (Å²) in [4.78, 5) is 12.5. The van der Waals surface area contributed by atoms with Crippen LogP contribution in [0, 0.1) is 0 Å². The molecule has 0 radical (unpaired) electrons. The molecule has 0 aliphatic carbocycles. The summed E-state index contributed by atoms with van der Waals surface area (Å²) in [6, 6.07) is 3.84. The van der Waals surface area contributed by atoms with E-state index in [9.17, 15) is 4.79 Å². The van der Waals surface area contributed by atoms with Gasteiger partial charge in [0.05, 0.1) is 4.88 Å². The van der Waals surface area contributed by atoms with Gasteiger partial charge in [0, 0.05) is 6.42 Å².